The van der Waals surface area contributed by atoms with E-state index in [4.69, 9.17) is 9.47 Å². The molecule has 3 aromatic rings. The monoisotopic (exact) mass is 394 g/mol. The van der Waals surface area contributed by atoms with E-state index in [1.807, 2.05) is 36.4 Å². The highest BCUT2D eigenvalue weighted by atomic mass is 16.5. The van der Waals surface area contributed by atoms with Crippen LogP contribution in [-0.4, -0.2) is 50.4 Å². The first kappa shape index (κ1) is 20.8. The second kappa shape index (κ2) is 9.52. The van der Waals surface area contributed by atoms with Gasteiger partial charge in [-0.05, 0) is 36.7 Å². The Balaban J connectivity index is 2.13. The van der Waals surface area contributed by atoms with E-state index in [0.29, 0.717) is 11.5 Å². The topological polar surface area (TPSA) is 45.2 Å². The summed E-state index contributed by atoms with van der Waals surface area (Å²) in [6.45, 7) is 7.91. The molecule has 0 saturated carbocycles. The fourth-order valence-electron chi connectivity index (χ4n) is 3.67. The van der Waals surface area contributed by atoms with Gasteiger partial charge in [-0.1, -0.05) is 44.2 Å². The van der Waals surface area contributed by atoms with Crippen molar-refractivity contribution in [2.45, 2.75) is 13.8 Å². The third kappa shape index (κ3) is 4.40. The number of methoxy groups -OCH3 is 2. The number of likely N-dealkylation sites (N-methyl/N-ethyl adjacent to an activating group) is 1. The zero-order chi connectivity index (χ0) is 20.8. The maximum absolute atomic E-state index is 10.8. The molecule has 154 valence electrons. The van der Waals surface area contributed by atoms with Gasteiger partial charge in [0.1, 0.15) is 5.75 Å². The lowest BCUT2D eigenvalue weighted by molar-refractivity contribution is 0.312. The summed E-state index contributed by atoms with van der Waals surface area (Å²) in [5.41, 5.74) is 1.75. The normalized spacial score (nSPS) is 11.1. The molecule has 5 nitrogen and oxygen atoms in total. The molecular formula is C24H30N2O3. The predicted molar refractivity (Wildman–Crippen MR) is 120 cm³/mol. The number of benzene rings is 3. The lowest BCUT2D eigenvalue weighted by atomic mass is 10.1. The smallest absolute Gasteiger partial charge is 0.162 e. The maximum Gasteiger partial charge on any atom is 0.162 e. The van der Waals surface area contributed by atoms with Crippen molar-refractivity contribution >= 4 is 22.1 Å². The summed E-state index contributed by atoms with van der Waals surface area (Å²) >= 11 is 0. The first-order chi connectivity index (χ1) is 14.1. The Hall–Kier alpha value is -2.92. The van der Waals surface area contributed by atoms with E-state index >= 15 is 0 Å². The molecule has 0 saturated heterocycles. The van der Waals surface area contributed by atoms with Crippen LogP contribution < -0.4 is 14.4 Å². The lowest BCUT2D eigenvalue weighted by Gasteiger charge is -2.30. The lowest BCUT2D eigenvalue weighted by Crippen LogP contribution is -2.33. The Morgan fingerprint density at radius 3 is 2.24 bits per heavy atom. The number of phenols is 1. The van der Waals surface area contributed by atoms with Crippen LogP contribution >= 0.6 is 0 Å². The molecule has 0 aliphatic rings. The van der Waals surface area contributed by atoms with E-state index in [1.54, 1.807) is 20.3 Å². The molecule has 0 heterocycles. The fourth-order valence-corrected chi connectivity index (χ4v) is 3.67. The predicted octanol–water partition coefficient (Wildman–Crippen LogP) is 5.04. The number of ether oxygens (including phenoxy) is 2. The Kier molecular flexibility index (Phi) is 6.83. The number of aromatic hydroxyl groups is 1. The van der Waals surface area contributed by atoms with Crippen LogP contribution in [-0.2, 0) is 0 Å². The molecule has 0 spiro atoms. The van der Waals surface area contributed by atoms with Gasteiger partial charge in [-0.25, -0.2) is 0 Å². The summed E-state index contributed by atoms with van der Waals surface area (Å²) in [7, 11) is 3.27. The minimum absolute atomic E-state index is 0.262. The third-order valence-corrected chi connectivity index (χ3v) is 5.36. The number of hydrogen-bond donors (Lipinski definition) is 1. The Morgan fingerprint density at radius 2 is 1.55 bits per heavy atom. The third-order valence-electron chi connectivity index (χ3n) is 5.36. The van der Waals surface area contributed by atoms with Gasteiger partial charge in [0.25, 0.3) is 0 Å². The van der Waals surface area contributed by atoms with Crippen molar-refractivity contribution < 1.29 is 14.6 Å². The van der Waals surface area contributed by atoms with E-state index in [1.165, 1.54) is 0 Å². The average molecular weight is 395 g/mol. The summed E-state index contributed by atoms with van der Waals surface area (Å²) in [5.74, 6) is 1.61. The summed E-state index contributed by atoms with van der Waals surface area (Å²) in [4.78, 5) is 4.54. The largest absolute Gasteiger partial charge is 0.506 e. The Morgan fingerprint density at radius 1 is 0.828 bits per heavy atom. The average Bonchev–Trinajstić information content (AvgIpc) is 2.77. The van der Waals surface area contributed by atoms with Crippen molar-refractivity contribution in [2.24, 2.45) is 0 Å². The van der Waals surface area contributed by atoms with Crippen molar-refractivity contribution in [3.8, 4) is 17.2 Å². The summed E-state index contributed by atoms with van der Waals surface area (Å²) < 4.78 is 10.9. The second-order valence-corrected chi connectivity index (χ2v) is 6.87. The molecule has 0 aliphatic heterocycles. The molecule has 3 aromatic carbocycles. The van der Waals surface area contributed by atoms with Gasteiger partial charge < -0.3 is 24.4 Å². The van der Waals surface area contributed by atoms with E-state index < -0.39 is 0 Å². The van der Waals surface area contributed by atoms with Crippen LogP contribution in [0, 0.1) is 0 Å². The van der Waals surface area contributed by atoms with Gasteiger partial charge in [-0.15, -0.1) is 0 Å². The Bertz CT molecular complexity index is 954. The molecule has 1 N–H and O–H groups in total. The number of nitrogens with zero attached hydrogens (tertiary/aromatic N) is 2. The zero-order valence-electron chi connectivity index (χ0n) is 17.7. The molecule has 0 bridgehead atoms. The molecule has 0 radical (unpaired) electrons. The van der Waals surface area contributed by atoms with Gasteiger partial charge in [-0.3, -0.25) is 0 Å². The van der Waals surface area contributed by atoms with Crippen molar-refractivity contribution in [2.75, 3.05) is 45.3 Å². The van der Waals surface area contributed by atoms with Crippen molar-refractivity contribution in [1.29, 1.82) is 0 Å². The number of rotatable bonds is 9. The summed E-state index contributed by atoms with van der Waals surface area (Å²) in [6.07, 6.45) is 0. The Labute approximate surface area is 173 Å². The van der Waals surface area contributed by atoms with E-state index in [9.17, 15) is 5.11 Å². The van der Waals surface area contributed by atoms with Gasteiger partial charge in [0.15, 0.2) is 11.5 Å². The molecule has 0 aliphatic carbocycles. The van der Waals surface area contributed by atoms with Crippen LogP contribution in [0.3, 0.4) is 0 Å². The highest BCUT2D eigenvalue weighted by Crippen LogP contribution is 2.41. The molecule has 0 unspecified atom stereocenters. The number of anilines is 2. The maximum atomic E-state index is 10.8. The number of phenolic OH excluding ortho intramolecular Hbond substituents is 1. The minimum Gasteiger partial charge on any atom is -0.506 e. The van der Waals surface area contributed by atoms with Gasteiger partial charge in [-0.2, -0.15) is 0 Å². The highest BCUT2D eigenvalue weighted by molar-refractivity contribution is 5.99. The summed E-state index contributed by atoms with van der Waals surface area (Å²) in [5, 5.41) is 12.9. The highest BCUT2D eigenvalue weighted by Gasteiger charge is 2.19. The van der Waals surface area contributed by atoms with Gasteiger partial charge in [0.05, 0.1) is 19.9 Å². The SMILES string of the molecule is CCN(CC)CCN(c1ccc(OC)c(OC)c1)c1c(O)ccc2ccccc12. The first-order valence-corrected chi connectivity index (χ1v) is 10.1. The van der Waals surface area contributed by atoms with Crippen LogP contribution in [0.4, 0.5) is 11.4 Å². The molecule has 0 fully saturated rings. The van der Waals surface area contributed by atoms with Crippen molar-refractivity contribution in [3.63, 3.8) is 0 Å². The standard InChI is InChI=1S/C24H30N2O3/c1-5-25(6-2)15-16-26(19-12-14-22(28-3)23(17-19)29-4)24-20-10-8-7-9-18(20)11-13-21(24)27/h7-14,17,27H,5-6,15-16H2,1-4H3. The number of hydrogen-bond acceptors (Lipinski definition) is 5. The molecular weight excluding hydrogens is 364 g/mol. The number of fused-ring (bicyclic) bond motifs is 1. The zero-order valence-corrected chi connectivity index (χ0v) is 17.7. The second-order valence-electron chi connectivity index (χ2n) is 6.87. The van der Waals surface area contributed by atoms with Crippen LogP contribution in [0.25, 0.3) is 10.8 Å². The van der Waals surface area contributed by atoms with E-state index in [2.05, 4.69) is 35.8 Å². The van der Waals surface area contributed by atoms with Crippen LogP contribution in [0.15, 0.2) is 54.6 Å². The van der Waals surface area contributed by atoms with Gasteiger partial charge in [0.2, 0.25) is 0 Å². The van der Waals surface area contributed by atoms with E-state index in [-0.39, 0.29) is 5.75 Å². The van der Waals surface area contributed by atoms with Crippen LogP contribution in [0.5, 0.6) is 17.2 Å². The van der Waals surface area contributed by atoms with Crippen LogP contribution in [0.2, 0.25) is 0 Å². The van der Waals surface area contributed by atoms with E-state index in [0.717, 1.165) is 48.3 Å². The molecule has 0 amide bonds. The molecule has 5 heteroatoms. The van der Waals surface area contributed by atoms with Gasteiger partial charge in [0, 0.05) is 30.2 Å². The molecule has 0 atom stereocenters. The van der Waals surface area contributed by atoms with Gasteiger partial charge >= 0.3 is 0 Å². The van der Waals surface area contributed by atoms with Crippen LogP contribution in [0.1, 0.15) is 13.8 Å². The molecule has 29 heavy (non-hydrogen) atoms. The quantitative estimate of drug-likeness (QED) is 0.551. The first-order valence-electron chi connectivity index (χ1n) is 10.1. The molecule has 0 aromatic heterocycles. The van der Waals surface area contributed by atoms with Crippen molar-refractivity contribution in [3.05, 3.63) is 54.6 Å². The fraction of sp³-hybridized carbons (Fsp3) is 0.333. The van der Waals surface area contributed by atoms with Crippen molar-refractivity contribution in [1.82, 2.24) is 4.90 Å². The minimum atomic E-state index is 0.262. The molecule has 3 rings (SSSR count). The summed E-state index contributed by atoms with van der Waals surface area (Å²) in [6, 6.07) is 17.7.